The van der Waals surface area contributed by atoms with Gasteiger partial charge in [-0.3, -0.25) is 0 Å². The van der Waals surface area contributed by atoms with Gasteiger partial charge in [-0.05, 0) is 18.9 Å². The molecule has 1 fully saturated rings. The molecule has 0 aliphatic heterocycles. The van der Waals surface area contributed by atoms with E-state index in [0.29, 0.717) is 5.92 Å². The van der Waals surface area contributed by atoms with Gasteiger partial charge in [-0.2, -0.15) is 0 Å². The number of nitrogens with one attached hydrogen (secondary N) is 1. The van der Waals surface area contributed by atoms with Crippen molar-refractivity contribution in [1.82, 2.24) is 9.97 Å². The van der Waals surface area contributed by atoms with Gasteiger partial charge in [0.1, 0.15) is 12.1 Å². The molecule has 1 aromatic rings. The Hall–Kier alpha value is -1.16. The Morgan fingerprint density at radius 1 is 1.40 bits per heavy atom. The lowest BCUT2D eigenvalue weighted by Gasteiger charge is -2.27. The van der Waals surface area contributed by atoms with E-state index in [-0.39, 0.29) is 6.10 Å². The molecule has 82 valence electrons. The van der Waals surface area contributed by atoms with E-state index < -0.39 is 0 Å². The molecule has 0 spiro atoms. The zero-order valence-corrected chi connectivity index (χ0v) is 8.76. The fourth-order valence-corrected chi connectivity index (χ4v) is 2.06. The van der Waals surface area contributed by atoms with Crippen molar-refractivity contribution in [3.8, 4) is 0 Å². The van der Waals surface area contributed by atoms with E-state index in [9.17, 15) is 5.11 Å². The highest BCUT2D eigenvalue weighted by atomic mass is 16.3. The minimum absolute atomic E-state index is 0.145. The second-order valence-electron chi connectivity index (χ2n) is 4.09. The van der Waals surface area contributed by atoms with Crippen LogP contribution in [0.25, 0.3) is 0 Å². The minimum Gasteiger partial charge on any atom is -0.393 e. The Balaban J connectivity index is 1.82. The number of anilines is 1. The fraction of sp³-hybridized carbons (Fsp3) is 0.636. The number of hydrogen-bond acceptors (Lipinski definition) is 4. The summed E-state index contributed by atoms with van der Waals surface area (Å²) in [5.74, 6) is 1.21. The van der Waals surface area contributed by atoms with Crippen LogP contribution in [-0.2, 0) is 0 Å². The van der Waals surface area contributed by atoms with Crippen molar-refractivity contribution >= 4 is 5.82 Å². The summed E-state index contributed by atoms with van der Waals surface area (Å²) in [6.07, 6.45) is 7.54. The Morgan fingerprint density at radius 2 is 2.27 bits per heavy atom. The summed E-state index contributed by atoms with van der Waals surface area (Å²) >= 11 is 0. The molecule has 1 aromatic heterocycles. The molecule has 4 heteroatoms. The number of nitrogens with zero attached hydrogens (tertiary/aromatic N) is 2. The molecule has 0 amide bonds. The quantitative estimate of drug-likeness (QED) is 0.787. The smallest absolute Gasteiger partial charge is 0.129 e. The molecular weight excluding hydrogens is 190 g/mol. The molecular formula is C11H17N3O. The molecule has 0 radical (unpaired) electrons. The summed E-state index contributed by atoms with van der Waals surface area (Å²) in [6, 6.07) is 1.84. The van der Waals surface area contributed by atoms with Gasteiger partial charge in [0.25, 0.3) is 0 Å². The summed E-state index contributed by atoms with van der Waals surface area (Å²) in [6.45, 7) is 0.804. The molecule has 2 N–H and O–H groups in total. The van der Waals surface area contributed by atoms with Crippen LogP contribution in [0.3, 0.4) is 0 Å². The molecule has 0 bridgehead atoms. The van der Waals surface area contributed by atoms with Gasteiger partial charge in [-0.1, -0.05) is 12.8 Å². The summed E-state index contributed by atoms with van der Waals surface area (Å²) < 4.78 is 0. The third-order valence-corrected chi connectivity index (χ3v) is 3.00. The van der Waals surface area contributed by atoms with Crippen molar-refractivity contribution in [2.75, 3.05) is 11.9 Å². The Labute approximate surface area is 89.8 Å². The predicted molar refractivity (Wildman–Crippen MR) is 58.5 cm³/mol. The van der Waals surface area contributed by atoms with E-state index in [2.05, 4.69) is 15.3 Å². The van der Waals surface area contributed by atoms with Gasteiger partial charge in [0.05, 0.1) is 6.10 Å². The lowest BCUT2D eigenvalue weighted by molar-refractivity contribution is 0.0763. The lowest BCUT2D eigenvalue weighted by atomic mass is 9.86. The van der Waals surface area contributed by atoms with Gasteiger partial charge in [0, 0.05) is 18.7 Å². The first-order valence-corrected chi connectivity index (χ1v) is 5.54. The predicted octanol–water partition coefficient (Wildman–Crippen LogP) is 1.44. The molecule has 2 unspecified atom stereocenters. The van der Waals surface area contributed by atoms with Crippen molar-refractivity contribution in [2.45, 2.75) is 31.8 Å². The van der Waals surface area contributed by atoms with Crippen molar-refractivity contribution in [3.05, 3.63) is 18.6 Å². The van der Waals surface area contributed by atoms with E-state index in [1.54, 1.807) is 6.20 Å². The molecule has 1 aliphatic rings. The van der Waals surface area contributed by atoms with Crippen LogP contribution in [0.1, 0.15) is 25.7 Å². The van der Waals surface area contributed by atoms with Crippen LogP contribution in [0.2, 0.25) is 0 Å². The van der Waals surface area contributed by atoms with E-state index in [1.807, 2.05) is 6.07 Å². The number of aliphatic hydroxyl groups excluding tert-OH is 1. The van der Waals surface area contributed by atoms with Gasteiger partial charge >= 0.3 is 0 Å². The fourth-order valence-electron chi connectivity index (χ4n) is 2.06. The molecule has 2 rings (SSSR count). The first-order chi connectivity index (χ1) is 7.36. The molecule has 4 nitrogen and oxygen atoms in total. The second kappa shape index (κ2) is 5.07. The number of rotatable bonds is 3. The third kappa shape index (κ3) is 2.89. The van der Waals surface area contributed by atoms with Gasteiger partial charge in [-0.25, -0.2) is 9.97 Å². The maximum atomic E-state index is 9.77. The average molecular weight is 207 g/mol. The molecule has 1 heterocycles. The standard InChI is InChI=1S/C11H17N3O/c15-10-4-2-1-3-9(10)7-13-11-5-6-12-8-14-11/h5-6,8-10,15H,1-4,7H2,(H,12,13,14). The maximum absolute atomic E-state index is 9.77. The van der Waals surface area contributed by atoms with Gasteiger partial charge < -0.3 is 10.4 Å². The second-order valence-corrected chi connectivity index (χ2v) is 4.09. The van der Waals surface area contributed by atoms with E-state index >= 15 is 0 Å². The van der Waals surface area contributed by atoms with Gasteiger partial charge in [-0.15, -0.1) is 0 Å². The summed E-state index contributed by atoms with van der Waals surface area (Å²) in [5.41, 5.74) is 0. The summed E-state index contributed by atoms with van der Waals surface area (Å²) in [5, 5.41) is 13.0. The lowest BCUT2D eigenvalue weighted by Crippen LogP contribution is -2.30. The Kier molecular flexibility index (Phi) is 3.50. The zero-order valence-electron chi connectivity index (χ0n) is 8.76. The molecule has 1 saturated carbocycles. The Morgan fingerprint density at radius 3 is 3.00 bits per heavy atom. The maximum Gasteiger partial charge on any atom is 0.129 e. The monoisotopic (exact) mass is 207 g/mol. The van der Waals surface area contributed by atoms with Crippen LogP contribution in [0, 0.1) is 5.92 Å². The average Bonchev–Trinajstić information content (AvgIpc) is 2.29. The van der Waals surface area contributed by atoms with Crippen molar-refractivity contribution in [3.63, 3.8) is 0 Å². The number of hydrogen-bond donors (Lipinski definition) is 2. The molecule has 1 aliphatic carbocycles. The first kappa shape index (κ1) is 10.4. The first-order valence-electron chi connectivity index (χ1n) is 5.54. The van der Waals surface area contributed by atoms with Crippen LogP contribution in [0.15, 0.2) is 18.6 Å². The van der Waals surface area contributed by atoms with Crippen molar-refractivity contribution in [1.29, 1.82) is 0 Å². The molecule has 0 aromatic carbocycles. The van der Waals surface area contributed by atoms with Gasteiger partial charge in [0.2, 0.25) is 0 Å². The molecule has 0 saturated heterocycles. The van der Waals surface area contributed by atoms with Crippen molar-refractivity contribution < 1.29 is 5.11 Å². The molecule has 15 heavy (non-hydrogen) atoms. The zero-order chi connectivity index (χ0) is 10.5. The highest BCUT2D eigenvalue weighted by Gasteiger charge is 2.22. The third-order valence-electron chi connectivity index (χ3n) is 3.00. The van der Waals surface area contributed by atoms with E-state index in [1.165, 1.54) is 12.7 Å². The van der Waals surface area contributed by atoms with Gasteiger partial charge in [0.15, 0.2) is 0 Å². The number of aliphatic hydroxyl groups is 1. The summed E-state index contributed by atoms with van der Waals surface area (Å²) in [4.78, 5) is 7.94. The van der Waals surface area contributed by atoms with Crippen molar-refractivity contribution in [2.24, 2.45) is 5.92 Å². The largest absolute Gasteiger partial charge is 0.393 e. The molecule has 2 atom stereocenters. The van der Waals surface area contributed by atoms with E-state index in [0.717, 1.165) is 31.6 Å². The Bertz CT molecular complexity index is 291. The van der Waals surface area contributed by atoms with Crippen LogP contribution < -0.4 is 5.32 Å². The highest BCUT2D eigenvalue weighted by molar-refractivity contribution is 5.31. The van der Waals surface area contributed by atoms with Crippen LogP contribution in [0.5, 0.6) is 0 Å². The van der Waals surface area contributed by atoms with E-state index in [4.69, 9.17) is 0 Å². The highest BCUT2D eigenvalue weighted by Crippen LogP contribution is 2.24. The topological polar surface area (TPSA) is 58.0 Å². The number of aromatic nitrogens is 2. The van der Waals surface area contributed by atoms with Crippen LogP contribution in [-0.4, -0.2) is 27.7 Å². The minimum atomic E-state index is -0.145. The SMILES string of the molecule is OC1CCCCC1CNc1ccncn1. The van der Waals surface area contributed by atoms with Crippen LogP contribution in [0.4, 0.5) is 5.82 Å². The summed E-state index contributed by atoms with van der Waals surface area (Å²) in [7, 11) is 0. The normalized spacial score (nSPS) is 26.2. The van der Waals surface area contributed by atoms with Crippen LogP contribution >= 0.6 is 0 Å².